The number of aromatic amines is 1. The van der Waals surface area contributed by atoms with Gasteiger partial charge in [0.25, 0.3) is 12.3 Å². The van der Waals surface area contributed by atoms with E-state index in [1.807, 2.05) is 0 Å². The van der Waals surface area contributed by atoms with Crippen molar-refractivity contribution in [2.45, 2.75) is 24.7 Å². The SMILES string of the molecule is C=NOC(=NCC1(c2cccc(F)c2Cl)CC1)c1cc(C(F)F)[nH]n1. The van der Waals surface area contributed by atoms with Crippen LogP contribution in [-0.2, 0) is 10.3 Å². The van der Waals surface area contributed by atoms with Crippen LogP contribution < -0.4 is 0 Å². The van der Waals surface area contributed by atoms with Gasteiger partial charge in [0.2, 0.25) is 0 Å². The number of aliphatic imine (C=N–C) groups is 1. The van der Waals surface area contributed by atoms with Gasteiger partial charge < -0.3 is 4.84 Å². The Balaban J connectivity index is 1.86. The first-order chi connectivity index (χ1) is 12.0. The van der Waals surface area contributed by atoms with Gasteiger partial charge >= 0.3 is 0 Å². The van der Waals surface area contributed by atoms with Crippen LogP contribution in [0.4, 0.5) is 13.2 Å². The van der Waals surface area contributed by atoms with Gasteiger partial charge in [-0.2, -0.15) is 5.10 Å². The Morgan fingerprint density at radius 2 is 2.20 bits per heavy atom. The predicted molar refractivity (Wildman–Crippen MR) is 87.9 cm³/mol. The normalized spacial score (nSPS) is 16.1. The molecule has 0 spiro atoms. The number of halogens is 4. The second-order valence-electron chi connectivity index (χ2n) is 5.73. The Labute approximate surface area is 146 Å². The van der Waals surface area contributed by atoms with E-state index < -0.39 is 17.7 Å². The van der Waals surface area contributed by atoms with Gasteiger partial charge in [-0.15, -0.1) is 0 Å². The van der Waals surface area contributed by atoms with E-state index in [0.29, 0.717) is 5.56 Å². The fourth-order valence-corrected chi connectivity index (χ4v) is 2.90. The number of hydrogen-bond acceptors (Lipinski definition) is 4. The van der Waals surface area contributed by atoms with E-state index in [1.165, 1.54) is 6.07 Å². The highest BCUT2D eigenvalue weighted by Gasteiger charge is 2.46. The molecule has 1 aliphatic carbocycles. The van der Waals surface area contributed by atoms with Crippen LogP contribution in [0.2, 0.25) is 5.02 Å². The number of hydrogen-bond donors (Lipinski definition) is 1. The summed E-state index contributed by atoms with van der Waals surface area (Å²) in [7, 11) is 0. The summed E-state index contributed by atoms with van der Waals surface area (Å²) >= 11 is 6.07. The zero-order valence-electron chi connectivity index (χ0n) is 13.0. The first-order valence-electron chi connectivity index (χ1n) is 7.43. The van der Waals surface area contributed by atoms with Gasteiger partial charge in [0.15, 0.2) is 0 Å². The summed E-state index contributed by atoms with van der Waals surface area (Å²) in [5.41, 5.74) is -0.00998. The Bertz CT molecular complexity index is 817. The quantitative estimate of drug-likeness (QED) is 0.469. The van der Waals surface area contributed by atoms with Gasteiger partial charge in [-0.25, -0.2) is 18.2 Å². The zero-order valence-corrected chi connectivity index (χ0v) is 13.7. The van der Waals surface area contributed by atoms with E-state index in [-0.39, 0.29) is 28.9 Å². The number of nitrogens with zero attached hydrogens (tertiary/aromatic N) is 3. The smallest absolute Gasteiger partial charge is 0.279 e. The Morgan fingerprint density at radius 3 is 2.80 bits per heavy atom. The van der Waals surface area contributed by atoms with Crippen LogP contribution >= 0.6 is 11.6 Å². The van der Waals surface area contributed by atoms with Crippen LogP contribution in [0.3, 0.4) is 0 Å². The molecule has 9 heteroatoms. The average molecular weight is 371 g/mol. The summed E-state index contributed by atoms with van der Waals surface area (Å²) in [5.74, 6) is -0.538. The van der Waals surface area contributed by atoms with Crippen molar-refractivity contribution in [2.24, 2.45) is 10.1 Å². The van der Waals surface area contributed by atoms with Crippen molar-refractivity contribution in [3.8, 4) is 0 Å². The minimum Gasteiger partial charge on any atom is -0.335 e. The van der Waals surface area contributed by atoms with E-state index in [0.717, 1.165) is 18.9 Å². The van der Waals surface area contributed by atoms with Crippen molar-refractivity contribution in [3.63, 3.8) is 0 Å². The molecule has 1 N–H and O–H groups in total. The summed E-state index contributed by atoms with van der Waals surface area (Å²) in [6.07, 6.45) is -1.14. The average Bonchev–Trinajstić information content (AvgIpc) is 3.19. The fraction of sp³-hybridized carbons (Fsp3) is 0.312. The number of alkyl halides is 2. The van der Waals surface area contributed by atoms with Crippen LogP contribution in [0.25, 0.3) is 0 Å². The molecule has 0 radical (unpaired) electrons. The topological polar surface area (TPSA) is 62.6 Å². The molecule has 1 saturated carbocycles. The van der Waals surface area contributed by atoms with Crippen molar-refractivity contribution in [1.29, 1.82) is 0 Å². The van der Waals surface area contributed by atoms with Gasteiger partial charge in [-0.1, -0.05) is 28.9 Å². The lowest BCUT2D eigenvalue weighted by atomic mass is 9.96. The Hall–Kier alpha value is -2.35. The van der Waals surface area contributed by atoms with E-state index in [2.05, 4.69) is 27.1 Å². The van der Waals surface area contributed by atoms with Crippen molar-refractivity contribution >= 4 is 24.2 Å². The summed E-state index contributed by atoms with van der Waals surface area (Å²) in [6, 6.07) is 5.76. The molecule has 0 unspecified atom stereocenters. The van der Waals surface area contributed by atoms with Crippen molar-refractivity contribution < 1.29 is 18.0 Å². The molecule has 1 aromatic carbocycles. The summed E-state index contributed by atoms with van der Waals surface area (Å²) in [6.45, 7) is 3.44. The van der Waals surface area contributed by atoms with Crippen molar-refractivity contribution in [3.05, 3.63) is 52.1 Å². The van der Waals surface area contributed by atoms with E-state index in [1.54, 1.807) is 12.1 Å². The summed E-state index contributed by atoms with van der Waals surface area (Å²) in [5, 5.41) is 9.31. The van der Waals surface area contributed by atoms with Crippen molar-refractivity contribution in [2.75, 3.05) is 6.54 Å². The third-order valence-electron chi connectivity index (χ3n) is 4.10. The molecule has 0 amide bonds. The lowest BCUT2D eigenvalue weighted by molar-refractivity contribution is 0.146. The molecule has 0 aliphatic heterocycles. The molecule has 1 heterocycles. The zero-order chi connectivity index (χ0) is 18.0. The standard InChI is InChI=1S/C16H14ClF3N4O/c1-21-25-15(12-7-11(14(19)20)23-24-12)22-8-16(5-6-16)9-3-2-4-10(18)13(9)17/h2-4,7,14H,1,5-6,8H2,(H,23,24). The minimum absolute atomic E-state index is 0.0445. The highest BCUT2D eigenvalue weighted by atomic mass is 35.5. The summed E-state index contributed by atoms with van der Waals surface area (Å²) in [4.78, 5) is 9.25. The number of nitrogens with one attached hydrogen (secondary N) is 1. The molecule has 132 valence electrons. The minimum atomic E-state index is -2.69. The second-order valence-corrected chi connectivity index (χ2v) is 6.11. The van der Waals surface area contributed by atoms with Crippen LogP contribution in [0, 0.1) is 5.82 Å². The molecular formula is C16H14ClF3N4O. The third-order valence-corrected chi connectivity index (χ3v) is 4.49. The molecular weight excluding hydrogens is 357 g/mol. The Morgan fingerprint density at radius 1 is 1.44 bits per heavy atom. The van der Waals surface area contributed by atoms with Crippen LogP contribution in [0.5, 0.6) is 0 Å². The fourth-order valence-electron chi connectivity index (χ4n) is 2.58. The number of aromatic nitrogens is 2. The van der Waals surface area contributed by atoms with Crippen LogP contribution in [-0.4, -0.2) is 29.4 Å². The van der Waals surface area contributed by atoms with Crippen LogP contribution in [0.1, 0.15) is 36.2 Å². The van der Waals surface area contributed by atoms with E-state index in [9.17, 15) is 13.2 Å². The van der Waals surface area contributed by atoms with Gasteiger partial charge in [0.1, 0.15) is 17.2 Å². The highest BCUT2D eigenvalue weighted by molar-refractivity contribution is 6.31. The predicted octanol–water partition coefficient (Wildman–Crippen LogP) is 4.25. The monoisotopic (exact) mass is 370 g/mol. The number of oxime groups is 1. The summed E-state index contributed by atoms with van der Waals surface area (Å²) < 4.78 is 39.1. The van der Waals surface area contributed by atoms with Gasteiger partial charge in [-0.05, 0) is 30.5 Å². The molecule has 1 fully saturated rings. The first-order valence-corrected chi connectivity index (χ1v) is 7.80. The number of benzene rings is 1. The molecule has 5 nitrogen and oxygen atoms in total. The van der Waals surface area contributed by atoms with Crippen molar-refractivity contribution in [1.82, 2.24) is 10.2 Å². The van der Waals surface area contributed by atoms with Gasteiger partial charge in [0.05, 0.1) is 11.6 Å². The number of rotatable bonds is 6. The molecule has 2 aromatic rings. The van der Waals surface area contributed by atoms with Gasteiger partial charge in [0, 0.05) is 12.1 Å². The molecule has 0 bridgehead atoms. The van der Waals surface area contributed by atoms with Crippen LogP contribution in [0.15, 0.2) is 34.4 Å². The van der Waals surface area contributed by atoms with Gasteiger partial charge in [-0.3, -0.25) is 5.10 Å². The maximum absolute atomic E-state index is 13.7. The van der Waals surface area contributed by atoms with E-state index >= 15 is 0 Å². The third kappa shape index (κ3) is 3.53. The molecule has 1 aliphatic rings. The van der Waals surface area contributed by atoms with E-state index in [4.69, 9.17) is 16.4 Å². The first kappa shape index (κ1) is 17.5. The second kappa shape index (κ2) is 6.87. The molecule has 3 rings (SSSR count). The number of H-pyrrole nitrogens is 1. The maximum atomic E-state index is 13.7. The molecule has 0 atom stereocenters. The lowest BCUT2D eigenvalue weighted by Crippen LogP contribution is -2.15. The molecule has 1 aromatic heterocycles. The molecule has 25 heavy (non-hydrogen) atoms. The largest absolute Gasteiger partial charge is 0.335 e. The maximum Gasteiger partial charge on any atom is 0.279 e. The molecule has 0 saturated heterocycles. The Kier molecular flexibility index (Phi) is 4.80. The lowest BCUT2D eigenvalue weighted by Gasteiger charge is -2.15. The highest BCUT2D eigenvalue weighted by Crippen LogP contribution is 2.51.